The number of imide groups is 1. The first kappa shape index (κ1) is 21.1. The predicted molar refractivity (Wildman–Crippen MR) is 111 cm³/mol. The molecular formula is C24H29NO4. The van der Waals surface area contributed by atoms with E-state index in [-0.39, 0.29) is 24.5 Å². The van der Waals surface area contributed by atoms with Crippen LogP contribution in [0.1, 0.15) is 43.9 Å². The molecule has 29 heavy (non-hydrogen) atoms. The van der Waals surface area contributed by atoms with Gasteiger partial charge in [0.15, 0.2) is 0 Å². The second-order valence-electron chi connectivity index (χ2n) is 7.92. The molecule has 0 radical (unpaired) electrons. The lowest BCUT2D eigenvalue weighted by atomic mass is 9.94. The number of amides is 2. The van der Waals surface area contributed by atoms with Crippen LogP contribution in [0.2, 0.25) is 0 Å². The Bertz CT molecular complexity index is 793. The fourth-order valence-corrected chi connectivity index (χ4v) is 3.80. The highest BCUT2D eigenvalue weighted by Crippen LogP contribution is 2.29. The Morgan fingerprint density at radius 1 is 1.07 bits per heavy atom. The van der Waals surface area contributed by atoms with Gasteiger partial charge in [0.1, 0.15) is 12.6 Å². The van der Waals surface area contributed by atoms with E-state index >= 15 is 0 Å². The Hall–Kier alpha value is -2.66. The smallest absolute Gasteiger partial charge is 0.417 e. The summed E-state index contributed by atoms with van der Waals surface area (Å²) >= 11 is 0. The molecule has 0 saturated carbocycles. The fourth-order valence-electron chi connectivity index (χ4n) is 3.80. The van der Waals surface area contributed by atoms with Crippen LogP contribution in [-0.4, -0.2) is 30.1 Å². The van der Waals surface area contributed by atoms with Crippen molar-refractivity contribution >= 4 is 12.0 Å². The highest BCUT2D eigenvalue weighted by atomic mass is 16.6. The summed E-state index contributed by atoms with van der Waals surface area (Å²) in [7, 11) is 0. The zero-order valence-corrected chi connectivity index (χ0v) is 17.1. The average molecular weight is 395 g/mol. The molecule has 3 atom stereocenters. The van der Waals surface area contributed by atoms with Crippen molar-refractivity contribution in [2.24, 2.45) is 11.8 Å². The molecule has 0 aromatic heterocycles. The zero-order chi connectivity index (χ0) is 20.6. The molecular weight excluding hydrogens is 366 g/mol. The molecule has 2 amide bonds. The Balaban J connectivity index is 1.47. The minimum absolute atomic E-state index is 0.155. The number of carbonyl (C=O) groups excluding carboxylic acids is 2. The van der Waals surface area contributed by atoms with E-state index in [1.807, 2.05) is 67.6 Å². The van der Waals surface area contributed by atoms with Crippen molar-refractivity contribution in [2.45, 2.75) is 39.3 Å². The van der Waals surface area contributed by atoms with Gasteiger partial charge in [-0.2, -0.15) is 0 Å². The summed E-state index contributed by atoms with van der Waals surface area (Å²) in [6.07, 6.45) is 0.635. The van der Waals surface area contributed by atoms with Gasteiger partial charge < -0.3 is 9.47 Å². The van der Waals surface area contributed by atoms with E-state index in [1.54, 1.807) is 0 Å². The maximum absolute atomic E-state index is 12.8. The topological polar surface area (TPSA) is 55.8 Å². The van der Waals surface area contributed by atoms with Gasteiger partial charge in [-0.05, 0) is 29.4 Å². The van der Waals surface area contributed by atoms with Gasteiger partial charge in [0.25, 0.3) is 0 Å². The minimum Gasteiger partial charge on any atom is -0.446 e. The molecule has 154 valence electrons. The van der Waals surface area contributed by atoms with E-state index in [9.17, 15) is 9.59 Å². The Morgan fingerprint density at radius 2 is 1.72 bits per heavy atom. The first-order valence-corrected chi connectivity index (χ1v) is 10.2. The summed E-state index contributed by atoms with van der Waals surface area (Å²) in [5.41, 5.74) is 2.07. The molecule has 1 saturated heterocycles. The van der Waals surface area contributed by atoms with Crippen LogP contribution in [0.3, 0.4) is 0 Å². The second-order valence-corrected chi connectivity index (χ2v) is 7.92. The van der Waals surface area contributed by atoms with Crippen molar-refractivity contribution in [2.75, 3.05) is 13.2 Å². The molecule has 1 aliphatic heterocycles. The van der Waals surface area contributed by atoms with Crippen LogP contribution in [0.5, 0.6) is 0 Å². The van der Waals surface area contributed by atoms with E-state index in [2.05, 4.69) is 6.92 Å². The van der Waals surface area contributed by atoms with Crippen LogP contribution in [0.4, 0.5) is 4.79 Å². The van der Waals surface area contributed by atoms with Crippen molar-refractivity contribution in [1.29, 1.82) is 0 Å². The minimum atomic E-state index is -0.546. The molecule has 3 rings (SSSR count). The highest BCUT2D eigenvalue weighted by Gasteiger charge is 2.38. The lowest BCUT2D eigenvalue weighted by molar-refractivity contribution is -0.130. The summed E-state index contributed by atoms with van der Waals surface area (Å²) in [6, 6.07) is 19.3. The first-order valence-electron chi connectivity index (χ1n) is 10.2. The number of hydrogen-bond donors (Lipinski definition) is 0. The average Bonchev–Trinajstić information content (AvgIpc) is 3.11. The van der Waals surface area contributed by atoms with Crippen LogP contribution in [0.25, 0.3) is 0 Å². The van der Waals surface area contributed by atoms with Crippen molar-refractivity contribution < 1.29 is 19.1 Å². The molecule has 5 nitrogen and oxygen atoms in total. The Morgan fingerprint density at radius 3 is 2.41 bits per heavy atom. The van der Waals surface area contributed by atoms with Gasteiger partial charge >= 0.3 is 6.09 Å². The molecule has 0 spiro atoms. The lowest BCUT2D eigenvalue weighted by Gasteiger charge is -2.23. The van der Waals surface area contributed by atoms with Crippen molar-refractivity contribution in [3.05, 3.63) is 71.8 Å². The van der Waals surface area contributed by atoms with E-state index in [0.717, 1.165) is 17.5 Å². The summed E-state index contributed by atoms with van der Waals surface area (Å²) in [6.45, 7) is 5.63. The molecule has 1 fully saturated rings. The third kappa shape index (κ3) is 5.91. The third-order valence-electron chi connectivity index (χ3n) is 5.17. The lowest BCUT2D eigenvalue weighted by Crippen LogP contribution is -2.35. The SMILES string of the molecule is C[C@H](COCc1ccccc1)C[C@@H](C)CC(=O)N1C(=O)OC[C@H]1c1ccccc1. The van der Waals surface area contributed by atoms with Gasteiger partial charge in [-0.25, -0.2) is 9.69 Å². The number of cyclic esters (lactones) is 1. The molecule has 1 heterocycles. The molecule has 2 aromatic rings. The van der Waals surface area contributed by atoms with Gasteiger partial charge in [0.05, 0.1) is 6.61 Å². The Kier molecular flexibility index (Phi) is 7.42. The standard InChI is InChI=1S/C24H29NO4/c1-18(13-19(2)15-28-16-20-9-5-3-6-10-20)14-23(26)25-22(17-29-24(25)27)21-11-7-4-8-12-21/h3-12,18-19,22H,13-17H2,1-2H3/t18-,19+,22+/m1/s1. The van der Waals surface area contributed by atoms with Crippen molar-refractivity contribution in [1.82, 2.24) is 4.90 Å². The van der Waals surface area contributed by atoms with E-state index in [4.69, 9.17) is 9.47 Å². The molecule has 1 aliphatic rings. The summed E-state index contributed by atoms with van der Waals surface area (Å²) in [5.74, 6) is 0.311. The fraction of sp³-hybridized carbons (Fsp3) is 0.417. The molecule has 2 aromatic carbocycles. The maximum Gasteiger partial charge on any atom is 0.417 e. The van der Waals surface area contributed by atoms with Crippen LogP contribution in [0.15, 0.2) is 60.7 Å². The van der Waals surface area contributed by atoms with Gasteiger partial charge in [-0.3, -0.25) is 4.79 Å². The molecule has 0 aliphatic carbocycles. The zero-order valence-electron chi connectivity index (χ0n) is 17.1. The van der Waals surface area contributed by atoms with Crippen LogP contribution < -0.4 is 0 Å². The summed E-state index contributed by atoms with van der Waals surface area (Å²) in [4.78, 5) is 26.2. The number of ether oxygens (including phenoxy) is 2. The van der Waals surface area contributed by atoms with Crippen molar-refractivity contribution in [3.63, 3.8) is 0 Å². The maximum atomic E-state index is 12.8. The van der Waals surface area contributed by atoms with E-state index in [1.165, 1.54) is 4.90 Å². The molecule has 0 N–H and O–H groups in total. The number of nitrogens with zero attached hydrogens (tertiary/aromatic N) is 1. The summed E-state index contributed by atoms with van der Waals surface area (Å²) in [5, 5.41) is 0. The highest BCUT2D eigenvalue weighted by molar-refractivity contribution is 5.93. The Labute approximate surface area is 172 Å². The number of benzene rings is 2. The number of hydrogen-bond acceptors (Lipinski definition) is 4. The largest absolute Gasteiger partial charge is 0.446 e. The van der Waals surface area contributed by atoms with Gasteiger partial charge in [-0.15, -0.1) is 0 Å². The van der Waals surface area contributed by atoms with Crippen molar-refractivity contribution in [3.8, 4) is 0 Å². The second kappa shape index (κ2) is 10.2. The van der Waals surface area contributed by atoms with Gasteiger partial charge in [0, 0.05) is 13.0 Å². The van der Waals surface area contributed by atoms with Gasteiger partial charge in [-0.1, -0.05) is 74.5 Å². The number of rotatable bonds is 9. The summed E-state index contributed by atoms with van der Waals surface area (Å²) < 4.78 is 11.0. The molecule has 5 heteroatoms. The van der Waals surface area contributed by atoms with Crippen LogP contribution >= 0.6 is 0 Å². The van der Waals surface area contributed by atoms with Gasteiger partial charge in [0.2, 0.25) is 5.91 Å². The quantitative estimate of drug-likeness (QED) is 0.601. The first-order chi connectivity index (χ1) is 14.0. The predicted octanol–water partition coefficient (Wildman–Crippen LogP) is 4.98. The third-order valence-corrected chi connectivity index (χ3v) is 5.17. The normalized spacial score (nSPS) is 18.3. The monoisotopic (exact) mass is 395 g/mol. The van der Waals surface area contributed by atoms with E-state index < -0.39 is 6.09 Å². The van der Waals surface area contributed by atoms with Crippen LogP contribution in [0, 0.1) is 11.8 Å². The van der Waals surface area contributed by atoms with Crippen LogP contribution in [-0.2, 0) is 20.9 Å². The molecule has 0 unspecified atom stereocenters. The van der Waals surface area contributed by atoms with E-state index in [0.29, 0.717) is 25.6 Å². The molecule has 0 bridgehead atoms. The number of carbonyl (C=O) groups is 2.